The van der Waals surface area contributed by atoms with Crippen LogP contribution < -0.4 is 11.3 Å². The molecule has 0 amide bonds. The average molecular weight is 307 g/mol. The van der Waals surface area contributed by atoms with E-state index in [9.17, 15) is 4.79 Å². The molecule has 8 heteroatoms. The Kier molecular flexibility index (Phi) is 3.27. The smallest absolute Gasteiger partial charge is 0.262 e. The van der Waals surface area contributed by atoms with Crippen LogP contribution in [0.3, 0.4) is 0 Å². The van der Waals surface area contributed by atoms with Crippen LogP contribution in [0.4, 0.5) is 5.13 Å². The summed E-state index contributed by atoms with van der Waals surface area (Å²) in [7, 11) is 0. The molecule has 0 aliphatic rings. The zero-order chi connectivity index (χ0) is 14.3. The van der Waals surface area contributed by atoms with E-state index in [1.54, 1.807) is 22.2 Å². The number of hydrogen-bond acceptors (Lipinski definition) is 7. The first-order valence-corrected chi connectivity index (χ1v) is 7.78. The van der Waals surface area contributed by atoms with Gasteiger partial charge >= 0.3 is 0 Å². The fourth-order valence-electron chi connectivity index (χ4n) is 2.21. The van der Waals surface area contributed by atoms with Gasteiger partial charge in [0, 0.05) is 4.88 Å². The summed E-state index contributed by atoms with van der Waals surface area (Å²) in [6.07, 6.45) is 2.40. The lowest BCUT2D eigenvalue weighted by Gasteiger charge is -2.02. The average Bonchev–Trinajstić information content (AvgIpc) is 2.96. The van der Waals surface area contributed by atoms with Crippen LogP contribution in [0.15, 0.2) is 11.1 Å². The van der Waals surface area contributed by atoms with Crippen LogP contribution in [-0.4, -0.2) is 19.7 Å². The van der Waals surface area contributed by atoms with Crippen molar-refractivity contribution in [3.05, 3.63) is 32.1 Å². The summed E-state index contributed by atoms with van der Waals surface area (Å²) in [5.74, 6) is 0. The molecule has 0 spiro atoms. The van der Waals surface area contributed by atoms with Gasteiger partial charge in [-0.1, -0.05) is 18.3 Å². The number of aromatic nitrogens is 4. The molecule has 6 nitrogen and oxygen atoms in total. The quantitative estimate of drug-likeness (QED) is 0.797. The molecule has 0 atom stereocenters. The van der Waals surface area contributed by atoms with Gasteiger partial charge in [0.05, 0.1) is 18.3 Å². The number of rotatable bonds is 3. The SMILES string of the molecule is CCc1c(C)sc2ncn(Cc3nnc(N)s3)c(=O)c12. The lowest BCUT2D eigenvalue weighted by Crippen LogP contribution is -2.21. The number of nitrogens with two attached hydrogens (primary N) is 1. The first kappa shape index (κ1) is 13.2. The summed E-state index contributed by atoms with van der Waals surface area (Å²) in [5, 5.41) is 9.53. The van der Waals surface area contributed by atoms with Crippen LogP contribution in [0.25, 0.3) is 10.2 Å². The minimum absolute atomic E-state index is 0.0232. The van der Waals surface area contributed by atoms with Gasteiger partial charge in [-0.15, -0.1) is 21.5 Å². The topological polar surface area (TPSA) is 86.7 Å². The summed E-state index contributed by atoms with van der Waals surface area (Å²) in [5.41, 5.74) is 6.62. The highest BCUT2D eigenvalue weighted by molar-refractivity contribution is 7.18. The van der Waals surface area contributed by atoms with Crippen molar-refractivity contribution < 1.29 is 0 Å². The van der Waals surface area contributed by atoms with Crippen molar-refractivity contribution in [1.82, 2.24) is 19.7 Å². The van der Waals surface area contributed by atoms with E-state index in [-0.39, 0.29) is 5.56 Å². The highest BCUT2D eigenvalue weighted by atomic mass is 32.1. The fraction of sp³-hybridized carbons (Fsp3) is 0.333. The predicted molar refractivity (Wildman–Crippen MR) is 81.4 cm³/mol. The molecule has 0 fully saturated rings. The van der Waals surface area contributed by atoms with E-state index in [1.165, 1.54) is 11.3 Å². The van der Waals surface area contributed by atoms with Crippen molar-refractivity contribution in [2.75, 3.05) is 5.73 Å². The molecule has 0 saturated carbocycles. The molecule has 0 bridgehead atoms. The first-order chi connectivity index (χ1) is 9.60. The van der Waals surface area contributed by atoms with Gasteiger partial charge in [-0.05, 0) is 18.9 Å². The number of hydrogen-bond donors (Lipinski definition) is 1. The molecular formula is C12H13N5OS2. The van der Waals surface area contributed by atoms with Gasteiger partial charge in [0.2, 0.25) is 5.13 Å². The van der Waals surface area contributed by atoms with Gasteiger partial charge in [0.1, 0.15) is 9.84 Å². The maximum absolute atomic E-state index is 12.6. The first-order valence-electron chi connectivity index (χ1n) is 6.15. The molecule has 20 heavy (non-hydrogen) atoms. The molecule has 3 aromatic heterocycles. The molecule has 0 saturated heterocycles. The predicted octanol–water partition coefficient (Wildman–Crippen LogP) is 1.81. The number of fused-ring (bicyclic) bond motifs is 1. The van der Waals surface area contributed by atoms with Gasteiger partial charge in [-0.25, -0.2) is 4.98 Å². The second-order valence-electron chi connectivity index (χ2n) is 4.38. The van der Waals surface area contributed by atoms with Crippen LogP contribution in [0.5, 0.6) is 0 Å². The largest absolute Gasteiger partial charge is 0.374 e. The third-order valence-electron chi connectivity index (χ3n) is 3.12. The third-order valence-corrected chi connectivity index (χ3v) is 4.91. The van der Waals surface area contributed by atoms with E-state index in [1.807, 2.05) is 6.92 Å². The molecule has 0 aliphatic heterocycles. The van der Waals surface area contributed by atoms with Gasteiger partial charge in [-0.3, -0.25) is 9.36 Å². The van der Waals surface area contributed by atoms with Crippen LogP contribution in [0.1, 0.15) is 22.4 Å². The van der Waals surface area contributed by atoms with E-state index >= 15 is 0 Å². The number of nitrogen functional groups attached to an aromatic ring is 1. The van der Waals surface area contributed by atoms with E-state index in [4.69, 9.17) is 5.73 Å². The molecule has 0 radical (unpaired) electrons. The molecule has 0 aromatic carbocycles. The molecule has 3 rings (SSSR count). The highest BCUT2D eigenvalue weighted by Crippen LogP contribution is 2.27. The molecule has 3 aromatic rings. The zero-order valence-electron chi connectivity index (χ0n) is 11.1. The van der Waals surface area contributed by atoms with Crippen LogP contribution in [0.2, 0.25) is 0 Å². The van der Waals surface area contributed by atoms with E-state index < -0.39 is 0 Å². The number of aryl methyl sites for hydroxylation is 2. The summed E-state index contributed by atoms with van der Waals surface area (Å²) in [4.78, 5) is 18.9. The summed E-state index contributed by atoms with van der Waals surface area (Å²) in [6, 6.07) is 0. The monoisotopic (exact) mass is 307 g/mol. The Balaban J connectivity index is 2.13. The van der Waals surface area contributed by atoms with Gasteiger partial charge in [0.15, 0.2) is 0 Å². The Hall–Kier alpha value is -1.80. The van der Waals surface area contributed by atoms with Crippen molar-refractivity contribution in [2.24, 2.45) is 0 Å². The number of thiophene rings is 1. The Bertz CT molecular complexity index is 832. The van der Waals surface area contributed by atoms with Gasteiger partial charge in [0.25, 0.3) is 5.56 Å². The normalized spacial score (nSPS) is 11.3. The summed E-state index contributed by atoms with van der Waals surface area (Å²) >= 11 is 2.85. The number of anilines is 1. The van der Waals surface area contributed by atoms with E-state index in [0.29, 0.717) is 16.7 Å². The third kappa shape index (κ3) is 2.10. The molecule has 104 valence electrons. The Morgan fingerprint density at radius 2 is 2.15 bits per heavy atom. The van der Waals surface area contributed by atoms with E-state index in [0.717, 1.165) is 27.1 Å². The van der Waals surface area contributed by atoms with E-state index in [2.05, 4.69) is 22.1 Å². The van der Waals surface area contributed by atoms with Crippen molar-refractivity contribution in [3.8, 4) is 0 Å². The Morgan fingerprint density at radius 1 is 1.35 bits per heavy atom. The van der Waals surface area contributed by atoms with Crippen molar-refractivity contribution in [1.29, 1.82) is 0 Å². The fourth-order valence-corrected chi connectivity index (χ4v) is 3.89. The zero-order valence-corrected chi connectivity index (χ0v) is 12.7. The van der Waals surface area contributed by atoms with Gasteiger partial charge < -0.3 is 5.73 Å². The molecule has 3 heterocycles. The highest BCUT2D eigenvalue weighted by Gasteiger charge is 2.14. The number of nitrogens with zero attached hydrogens (tertiary/aromatic N) is 4. The molecule has 2 N–H and O–H groups in total. The van der Waals surface area contributed by atoms with Crippen LogP contribution in [0, 0.1) is 6.92 Å². The second kappa shape index (κ2) is 4.95. The summed E-state index contributed by atoms with van der Waals surface area (Å²) in [6.45, 7) is 4.44. The van der Waals surface area contributed by atoms with Crippen molar-refractivity contribution in [3.63, 3.8) is 0 Å². The summed E-state index contributed by atoms with van der Waals surface area (Å²) < 4.78 is 1.56. The lowest BCUT2D eigenvalue weighted by molar-refractivity contribution is 0.734. The van der Waals surface area contributed by atoms with Crippen molar-refractivity contribution in [2.45, 2.75) is 26.8 Å². The second-order valence-corrected chi connectivity index (χ2v) is 6.68. The van der Waals surface area contributed by atoms with Crippen LogP contribution >= 0.6 is 22.7 Å². The standard InChI is InChI=1S/C12H13N5OS2/c1-3-7-6(2)19-10-9(7)11(18)17(5-14-10)4-8-15-16-12(13)20-8/h5H,3-4H2,1-2H3,(H2,13,16). The minimum atomic E-state index is -0.0232. The maximum Gasteiger partial charge on any atom is 0.262 e. The Morgan fingerprint density at radius 3 is 2.80 bits per heavy atom. The Labute approximate surface area is 122 Å². The lowest BCUT2D eigenvalue weighted by atomic mass is 10.1. The minimum Gasteiger partial charge on any atom is -0.374 e. The molecular weight excluding hydrogens is 294 g/mol. The molecule has 0 aliphatic carbocycles. The molecule has 0 unspecified atom stereocenters. The maximum atomic E-state index is 12.6. The van der Waals surface area contributed by atoms with Crippen LogP contribution in [-0.2, 0) is 13.0 Å². The van der Waals surface area contributed by atoms with Gasteiger partial charge in [-0.2, -0.15) is 0 Å². The van der Waals surface area contributed by atoms with Crippen molar-refractivity contribution >= 4 is 38.0 Å².